The molecule has 1 fully saturated rings. The van der Waals surface area contributed by atoms with Crippen LogP contribution >= 0.6 is 0 Å². The van der Waals surface area contributed by atoms with Gasteiger partial charge in [-0.25, -0.2) is 0 Å². The molecule has 0 aromatic heterocycles. The molecule has 3 N–H and O–H groups in total. The van der Waals surface area contributed by atoms with Gasteiger partial charge < -0.3 is 15.3 Å². The Morgan fingerprint density at radius 3 is 2.39 bits per heavy atom. The third-order valence-electron chi connectivity index (χ3n) is 6.63. The third-order valence-corrected chi connectivity index (χ3v) is 6.63. The zero-order valence-electron chi connectivity index (χ0n) is 18.8. The molecular formula is C24H44O4. The molecule has 0 radical (unpaired) electrons. The normalized spacial score (nSPS) is 24.8. The average molecular weight is 397 g/mol. The largest absolute Gasteiger partial charge is 0.481 e. The summed E-state index contributed by atoms with van der Waals surface area (Å²) in [5, 5.41) is 30.0. The number of hydrogen-bond donors (Lipinski definition) is 3. The van der Waals surface area contributed by atoms with Crippen molar-refractivity contribution in [3.63, 3.8) is 0 Å². The molecule has 4 heteroatoms. The van der Waals surface area contributed by atoms with Crippen molar-refractivity contribution in [3.8, 4) is 0 Å². The van der Waals surface area contributed by atoms with Crippen LogP contribution < -0.4 is 0 Å². The molecule has 0 spiro atoms. The van der Waals surface area contributed by atoms with Crippen LogP contribution in [-0.2, 0) is 4.79 Å². The Hall–Kier alpha value is -0.870. The summed E-state index contributed by atoms with van der Waals surface area (Å²) in [6.07, 6.45) is 12.6. The fraction of sp³-hybridized carbons (Fsp3) is 0.875. The van der Waals surface area contributed by atoms with E-state index in [2.05, 4.69) is 26.8 Å². The van der Waals surface area contributed by atoms with E-state index in [1.54, 1.807) is 0 Å². The summed E-state index contributed by atoms with van der Waals surface area (Å²) in [5.74, 6) is -0.148. The molecule has 28 heavy (non-hydrogen) atoms. The Morgan fingerprint density at radius 2 is 1.79 bits per heavy atom. The van der Waals surface area contributed by atoms with Crippen LogP contribution in [0.3, 0.4) is 0 Å². The van der Waals surface area contributed by atoms with Crippen LogP contribution in [0, 0.1) is 22.7 Å². The molecule has 0 saturated heterocycles. The van der Waals surface area contributed by atoms with Gasteiger partial charge in [-0.15, -0.1) is 0 Å². The van der Waals surface area contributed by atoms with Crippen LogP contribution in [0.2, 0.25) is 0 Å². The summed E-state index contributed by atoms with van der Waals surface area (Å²) < 4.78 is 0. The van der Waals surface area contributed by atoms with Crippen molar-refractivity contribution in [2.45, 2.75) is 111 Å². The van der Waals surface area contributed by atoms with Gasteiger partial charge in [-0.05, 0) is 54.8 Å². The maximum atomic E-state index is 10.9. The van der Waals surface area contributed by atoms with Crippen LogP contribution in [-0.4, -0.2) is 33.5 Å². The first-order valence-electron chi connectivity index (χ1n) is 11.2. The van der Waals surface area contributed by atoms with Gasteiger partial charge in [-0.3, -0.25) is 4.79 Å². The van der Waals surface area contributed by atoms with Crippen LogP contribution in [0.15, 0.2) is 12.2 Å². The monoisotopic (exact) mass is 396 g/mol. The summed E-state index contributed by atoms with van der Waals surface area (Å²) >= 11 is 0. The highest BCUT2D eigenvalue weighted by molar-refractivity contribution is 5.67. The van der Waals surface area contributed by atoms with Gasteiger partial charge in [0.15, 0.2) is 0 Å². The minimum absolute atomic E-state index is 0.116. The van der Waals surface area contributed by atoms with Gasteiger partial charge in [0.25, 0.3) is 0 Å². The molecule has 1 unspecified atom stereocenters. The summed E-state index contributed by atoms with van der Waals surface area (Å²) in [6, 6.07) is 0. The van der Waals surface area contributed by atoms with Crippen molar-refractivity contribution in [1.82, 2.24) is 0 Å². The minimum atomic E-state index is -0.734. The van der Waals surface area contributed by atoms with Gasteiger partial charge in [0.2, 0.25) is 0 Å². The molecule has 0 heterocycles. The first-order chi connectivity index (χ1) is 13.0. The molecule has 0 amide bonds. The maximum Gasteiger partial charge on any atom is 0.303 e. The lowest BCUT2D eigenvalue weighted by molar-refractivity contribution is -0.139. The highest BCUT2D eigenvalue weighted by Gasteiger charge is 2.34. The van der Waals surface area contributed by atoms with E-state index >= 15 is 0 Å². The van der Waals surface area contributed by atoms with Crippen molar-refractivity contribution >= 4 is 5.97 Å². The molecular weight excluding hydrogens is 352 g/mol. The van der Waals surface area contributed by atoms with E-state index in [1.807, 2.05) is 19.9 Å². The Balaban J connectivity index is 2.51. The van der Waals surface area contributed by atoms with E-state index in [0.29, 0.717) is 5.92 Å². The fourth-order valence-electron chi connectivity index (χ4n) is 4.49. The van der Waals surface area contributed by atoms with E-state index in [1.165, 1.54) is 0 Å². The topological polar surface area (TPSA) is 77.8 Å². The molecule has 1 rings (SSSR count). The second-order valence-electron chi connectivity index (χ2n) is 10.4. The van der Waals surface area contributed by atoms with Crippen molar-refractivity contribution in [1.29, 1.82) is 0 Å². The Morgan fingerprint density at radius 1 is 1.11 bits per heavy atom. The zero-order chi connectivity index (χ0) is 21.4. The molecule has 4 nitrogen and oxygen atoms in total. The minimum Gasteiger partial charge on any atom is -0.481 e. The van der Waals surface area contributed by atoms with E-state index in [0.717, 1.165) is 57.8 Å². The average Bonchev–Trinajstić information content (AvgIpc) is 2.93. The van der Waals surface area contributed by atoms with Gasteiger partial charge in [-0.2, -0.15) is 0 Å². The summed E-state index contributed by atoms with van der Waals surface area (Å²) in [5.41, 5.74) is -0.289. The number of carbonyl (C=O) groups is 1. The first-order valence-corrected chi connectivity index (χ1v) is 11.2. The molecule has 0 aromatic rings. The number of unbranched alkanes of at least 4 members (excludes halogenated alkanes) is 2. The SMILES string of the molecule is CCCCC(C)(C)C(O)C=C[C@H]1CC[C@H](O)[C@@H]1CCCCC(C)(C)CC(=O)O. The number of aliphatic hydroxyl groups excluding tert-OH is 2. The molecule has 1 saturated carbocycles. The molecule has 1 aliphatic rings. The van der Waals surface area contributed by atoms with Crippen molar-refractivity contribution in [3.05, 3.63) is 12.2 Å². The Labute approximate surface area is 172 Å². The van der Waals surface area contributed by atoms with E-state index in [-0.39, 0.29) is 29.3 Å². The second kappa shape index (κ2) is 11.3. The first kappa shape index (κ1) is 25.2. The maximum absolute atomic E-state index is 10.9. The van der Waals surface area contributed by atoms with Crippen molar-refractivity contribution in [2.75, 3.05) is 0 Å². The Bertz CT molecular complexity index is 495. The summed E-state index contributed by atoms with van der Waals surface area (Å²) in [7, 11) is 0. The van der Waals surface area contributed by atoms with Gasteiger partial charge in [0.1, 0.15) is 0 Å². The molecule has 0 bridgehead atoms. The lowest BCUT2D eigenvalue weighted by atomic mass is 9.80. The summed E-state index contributed by atoms with van der Waals surface area (Å²) in [6.45, 7) is 10.4. The van der Waals surface area contributed by atoms with Crippen molar-refractivity contribution in [2.24, 2.45) is 22.7 Å². The number of allylic oxidation sites excluding steroid dienone is 1. The van der Waals surface area contributed by atoms with Gasteiger partial charge in [-0.1, -0.05) is 72.5 Å². The van der Waals surface area contributed by atoms with E-state index in [9.17, 15) is 15.0 Å². The molecule has 164 valence electrons. The molecule has 0 aliphatic heterocycles. The number of aliphatic carboxylic acids is 1. The van der Waals surface area contributed by atoms with E-state index < -0.39 is 12.1 Å². The number of aliphatic hydroxyl groups is 2. The predicted octanol–water partition coefficient (Wildman–Crippen LogP) is 5.57. The van der Waals surface area contributed by atoms with Crippen LogP contribution in [0.4, 0.5) is 0 Å². The number of rotatable bonds is 13. The fourth-order valence-corrected chi connectivity index (χ4v) is 4.49. The highest BCUT2D eigenvalue weighted by atomic mass is 16.4. The van der Waals surface area contributed by atoms with Crippen LogP contribution in [0.5, 0.6) is 0 Å². The van der Waals surface area contributed by atoms with Crippen LogP contribution in [0.25, 0.3) is 0 Å². The number of carboxylic acids is 1. The smallest absolute Gasteiger partial charge is 0.303 e. The van der Waals surface area contributed by atoms with Gasteiger partial charge in [0.05, 0.1) is 18.6 Å². The summed E-state index contributed by atoms with van der Waals surface area (Å²) in [4.78, 5) is 10.9. The lowest BCUT2D eigenvalue weighted by Gasteiger charge is -2.29. The zero-order valence-corrected chi connectivity index (χ0v) is 18.8. The van der Waals surface area contributed by atoms with Gasteiger partial charge in [0, 0.05) is 0 Å². The number of hydrogen-bond acceptors (Lipinski definition) is 3. The van der Waals surface area contributed by atoms with Gasteiger partial charge >= 0.3 is 5.97 Å². The van der Waals surface area contributed by atoms with Crippen LogP contribution in [0.1, 0.15) is 98.8 Å². The molecule has 4 atom stereocenters. The quantitative estimate of drug-likeness (QED) is 0.281. The van der Waals surface area contributed by atoms with Crippen molar-refractivity contribution < 1.29 is 20.1 Å². The third kappa shape index (κ3) is 8.65. The predicted molar refractivity (Wildman–Crippen MR) is 115 cm³/mol. The van der Waals surface area contributed by atoms with E-state index in [4.69, 9.17) is 5.11 Å². The molecule has 1 aliphatic carbocycles. The Kier molecular flexibility index (Phi) is 10.2. The standard InChI is InChI=1S/C24H44O4/c1-6-7-16-24(4,5)21(26)14-12-18-11-13-20(25)19(18)10-8-9-15-23(2,3)17-22(27)28/h12,14,18-21,25-26H,6-11,13,15-17H2,1-5H3,(H,27,28)/t18-,19-,20+,21?/m1/s1. The second-order valence-corrected chi connectivity index (χ2v) is 10.4. The molecule has 0 aromatic carbocycles. The lowest BCUT2D eigenvalue weighted by Crippen LogP contribution is -2.27. The number of carboxylic acid groups (broad SMARTS) is 1. The highest BCUT2D eigenvalue weighted by Crippen LogP contribution is 2.38.